The van der Waals surface area contributed by atoms with Crippen molar-refractivity contribution in [1.29, 1.82) is 0 Å². The summed E-state index contributed by atoms with van der Waals surface area (Å²) in [5.41, 5.74) is 0.695. The number of hydrogen-bond acceptors (Lipinski definition) is 7. The monoisotopic (exact) mass is 495 g/mol. The van der Waals surface area contributed by atoms with Crippen LogP contribution in [-0.4, -0.2) is 28.3 Å². The van der Waals surface area contributed by atoms with Crippen LogP contribution in [0.15, 0.2) is 52.1 Å². The van der Waals surface area contributed by atoms with Crippen LogP contribution in [0, 0.1) is 5.82 Å². The van der Waals surface area contributed by atoms with Gasteiger partial charge < -0.3 is 9.47 Å². The van der Waals surface area contributed by atoms with Crippen LogP contribution >= 0.6 is 11.3 Å². The van der Waals surface area contributed by atoms with Crippen LogP contribution in [0.4, 0.5) is 4.39 Å². The maximum atomic E-state index is 13.2. The third-order valence-corrected chi connectivity index (χ3v) is 6.44. The Morgan fingerprint density at radius 2 is 1.86 bits per heavy atom. The van der Waals surface area contributed by atoms with Crippen LogP contribution < -0.4 is 25.1 Å². The van der Waals surface area contributed by atoms with E-state index in [1.807, 2.05) is 12.1 Å². The Morgan fingerprint density at radius 3 is 2.60 bits per heavy atom. The van der Waals surface area contributed by atoms with Crippen LogP contribution in [0.3, 0.4) is 0 Å². The molecule has 0 saturated carbocycles. The number of benzene rings is 2. The van der Waals surface area contributed by atoms with Gasteiger partial charge in [-0.1, -0.05) is 55.7 Å². The summed E-state index contributed by atoms with van der Waals surface area (Å²) >= 11 is 1.09. The van der Waals surface area contributed by atoms with E-state index in [9.17, 15) is 14.0 Å². The van der Waals surface area contributed by atoms with Gasteiger partial charge in [0.05, 0.1) is 18.2 Å². The SMILES string of the molecule is CCCCCCOc1ccc(C=c2sc3nc(=O)c(Cc4ccc(F)cc4)nn3c2=O)cc1OC. The Hall–Kier alpha value is -3.59. The molecule has 182 valence electrons. The Labute approximate surface area is 205 Å². The summed E-state index contributed by atoms with van der Waals surface area (Å²) in [5.74, 6) is 0.865. The van der Waals surface area contributed by atoms with E-state index in [1.165, 1.54) is 25.0 Å². The van der Waals surface area contributed by atoms with Gasteiger partial charge in [0.25, 0.3) is 11.1 Å². The zero-order chi connectivity index (χ0) is 24.8. The van der Waals surface area contributed by atoms with Crippen LogP contribution in [-0.2, 0) is 6.42 Å². The minimum atomic E-state index is -0.510. The van der Waals surface area contributed by atoms with E-state index < -0.39 is 5.56 Å². The predicted molar refractivity (Wildman–Crippen MR) is 134 cm³/mol. The van der Waals surface area contributed by atoms with Gasteiger partial charge >= 0.3 is 0 Å². The molecule has 7 nitrogen and oxygen atoms in total. The fourth-order valence-electron chi connectivity index (χ4n) is 3.60. The second-order valence-electron chi connectivity index (χ2n) is 8.10. The number of rotatable bonds is 10. The third-order valence-electron chi connectivity index (χ3n) is 5.48. The number of methoxy groups -OCH3 is 1. The number of halogens is 1. The molecule has 2 heterocycles. The molecule has 0 aliphatic carbocycles. The fraction of sp³-hybridized carbons (Fsp3) is 0.308. The highest BCUT2D eigenvalue weighted by Crippen LogP contribution is 2.28. The summed E-state index contributed by atoms with van der Waals surface area (Å²) < 4.78 is 26.0. The topological polar surface area (TPSA) is 82.8 Å². The van der Waals surface area contributed by atoms with Crippen molar-refractivity contribution in [3.8, 4) is 11.5 Å². The maximum absolute atomic E-state index is 13.2. The first-order valence-corrected chi connectivity index (χ1v) is 12.3. The lowest BCUT2D eigenvalue weighted by Crippen LogP contribution is -2.28. The summed E-state index contributed by atoms with van der Waals surface area (Å²) in [6.45, 7) is 2.78. The molecule has 9 heteroatoms. The highest BCUT2D eigenvalue weighted by molar-refractivity contribution is 7.15. The molecule has 0 unspecified atom stereocenters. The number of unbranched alkanes of at least 4 members (excludes halogenated alkanes) is 3. The molecule has 2 aromatic carbocycles. The molecule has 0 atom stereocenters. The van der Waals surface area contributed by atoms with Crippen molar-refractivity contribution in [3.05, 3.63) is 90.3 Å². The first kappa shape index (κ1) is 24.5. The van der Waals surface area contributed by atoms with Gasteiger partial charge in [-0.3, -0.25) is 9.59 Å². The summed E-state index contributed by atoms with van der Waals surface area (Å²) in [7, 11) is 1.57. The first-order chi connectivity index (χ1) is 17.0. The van der Waals surface area contributed by atoms with Gasteiger partial charge in [-0.2, -0.15) is 14.6 Å². The molecule has 4 aromatic rings. The van der Waals surface area contributed by atoms with Crippen LogP contribution in [0.2, 0.25) is 0 Å². The number of thiazole rings is 1. The Balaban J connectivity index is 1.60. The molecule has 35 heavy (non-hydrogen) atoms. The van der Waals surface area contributed by atoms with Crippen molar-refractivity contribution in [3.63, 3.8) is 0 Å². The van der Waals surface area contributed by atoms with E-state index in [2.05, 4.69) is 17.0 Å². The van der Waals surface area contributed by atoms with Crippen molar-refractivity contribution < 1.29 is 13.9 Å². The predicted octanol–water partition coefficient (Wildman–Crippen LogP) is 3.76. The van der Waals surface area contributed by atoms with E-state index in [1.54, 1.807) is 31.4 Å². The zero-order valence-corrected chi connectivity index (χ0v) is 20.4. The van der Waals surface area contributed by atoms with Gasteiger partial charge in [-0.25, -0.2) is 4.39 Å². The van der Waals surface area contributed by atoms with Gasteiger partial charge in [-0.15, -0.1) is 0 Å². The minimum absolute atomic E-state index is 0.123. The quantitative estimate of drug-likeness (QED) is 0.312. The number of hydrogen-bond donors (Lipinski definition) is 0. The van der Waals surface area contributed by atoms with Crippen LogP contribution in [0.1, 0.15) is 49.4 Å². The summed E-state index contributed by atoms with van der Waals surface area (Å²) in [4.78, 5) is 29.7. The van der Waals surface area contributed by atoms with Gasteiger partial charge in [-0.05, 0) is 47.9 Å². The lowest BCUT2D eigenvalue weighted by molar-refractivity contribution is 0.285. The Kier molecular flexibility index (Phi) is 7.87. The number of aromatic nitrogens is 3. The molecule has 0 bridgehead atoms. The van der Waals surface area contributed by atoms with Gasteiger partial charge in [0.15, 0.2) is 11.5 Å². The molecule has 0 aliphatic rings. The third kappa shape index (κ3) is 5.92. The van der Waals surface area contributed by atoms with E-state index >= 15 is 0 Å². The maximum Gasteiger partial charge on any atom is 0.296 e. The second-order valence-corrected chi connectivity index (χ2v) is 9.11. The van der Waals surface area contributed by atoms with Gasteiger partial charge in [0.1, 0.15) is 11.5 Å². The van der Waals surface area contributed by atoms with Gasteiger partial charge in [0, 0.05) is 6.42 Å². The molecule has 0 N–H and O–H groups in total. The van der Waals surface area contributed by atoms with Gasteiger partial charge in [0.2, 0.25) is 4.96 Å². The summed E-state index contributed by atoms with van der Waals surface area (Å²) in [6, 6.07) is 11.2. The fourth-order valence-corrected chi connectivity index (χ4v) is 4.51. The molecule has 2 aromatic heterocycles. The smallest absolute Gasteiger partial charge is 0.296 e. The van der Waals surface area contributed by atoms with E-state index in [0.717, 1.165) is 34.3 Å². The van der Waals surface area contributed by atoms with E-state index in [4.69, 9.17) is 9.47 Å². The molecule has 4 rings (SSSR count). The van der Waals surface area contributed by atoms with Crippen molar-refractivity contribution in [2.75, 3.05) is 13.7 Å². The van der Waals surface area contributed by atoms with Crippen molar-refractivity contribution in [2.45, 2.75) is 39.0 Å². The molecule has 0 radical (unpaired) electrons. The number of fused-ring (bicyclic) bond motifs is 1. The second kappa shape index (κ2) is 11.2. The number of nitrogens with zero attached hydrogens (tertiary/aromatic N) is 3. The molecule has 0 amide bonds. The Morgan fingerprint density at radius 1 is 1.06 bits per heavy atom. The average molecular weight is 496 g/mol. The normalized spacial score (nSPS) is 11.8. The van der Waals surface area contributed by atoms with Crippen molar-refractivity contribution in [2.24, 2.45) is 0 Å². The van der Waals surface area contributed by atoms with E-state index in [-0.39, 0.29) is 28.5 Å². The molecule has 0 aliphatic heterocycles. The summed E-state index contributed by atoms with van der Waals surface area (Å²) in [6.07, 6.45) is 6.32. The lowest BCUT2D eigenvalue weighted by atomic mass is 10.1. The highest BCUT2D eigenvalue weighted by Gasteiger charge is 2.12. The first-order valence-electron chi connectivity index (χ1n) is 11.5. The van der Waals surface area contributed by atoms with Crippen molar-refractivity contribution >= 4 is 22.4 Å². The molecule has 0 saturated heterocycles. The molecule has 0 fully saturated rings. The largest absolute Gasteiger partial charge is 0.493 e. The lowest BCUT2D eigenvalue weighted by Gasteiger charge is -2.11. The highest BCUT2D eigenvalue weighted by atomic mass is 32.1. The standard InChI is InChI=1S/C26H26FN3O4S/c1-3-4-5-6-13-34-21-12-9-18(15-22(21)33-2)16-23-25(32)30-26(35-23)28-24(31)20(29-30)14-17-7-10-19(27)11-8-17/h7-12,15-16H,3-6,13-14H2,1-2H3. The minimum Gasteiger partial charge on any atom is -0.493 e. The zero-order valence-electron chi connectivity index (χ0n) is 19.6. The summed E-state index contributed by atoms with van der Waals surface area (Å²) in [5, 5.41) is 4.24. The van der Waals surface area contributed by atoms with Crippen molar-refractivity contribution in [1.82, 2.24) is 14.6 Å². The molecular formula is C26H26FN3O4S. The van der Waals surface area contributed by atoms with E-state index in [0.29, 0.717) is 28.2 Å². The Bertz CT molecular complexity index is 1480. The van der Waals surface area contributed by atoms with Crippen LogP contribution in [0.5, 0.6) is 11.5 Å². The van der Waals surface area contributed by atoms with Crippen LogP contribution in [0.25, 0.3) is 11.0 Å². The number of ether oxygens (including phenoxy) is 2. The molecular weight excluding hydrogens is 469 g/mol. The molecule has 0 spiro atoms. The average Bonchev–Trinajstić information content (AvgIpc) is 3.15.